The molecule has 2 aromatic rings. The SMILES string of the molecule is CCc1ccc(OCCNS(=O)(=O)c2ccc(OC)c(Cl)c2)cc1. The number of nitrogens with one attached hydrogen (secondary N) is 1. The molecule has 0 atom stereocenters. The molecule has 0 aromatic heterocycles. The summed E-state index contributed by atoms with van der Waals surface area (Å²) in [6.07, 6.45) is 0.963. The molecule has 0 fully saturated rings. The van der Waals surface area contributed by atoms with Gasteiger partial charge in [0.05, 0.1) is 17.0 Å². The van der Waals surface area contributed by atoms with Crippen LogP contribution in [-0.2, 0) is 16.4 Å². The summed E-state index contributed by atoms with van der Waals surface area (Å²) < 4.78 is 37.4. The minimum absolute atomic E-state index is 0.0839. The maximum absolute atomic E-state index is 12.2. The van der Waals surface area contributed by atoms with Gasteiger partial charge in [-0.05, 0) is 42.3 Å². The first-order valence-electron chi connectivity index (χ1n) is 7.51. The number of ether oxygens (including phenoxy) is 2. The molecule has 0 amide bonds. The first-order valence-corrected chi connectivity index (χ1v) is 9.37. The molecule has 0 aliphatic rings. The molecule has 2 aromatic carbocycles. The largest absolute Gasteiger partial charge is 0.495 e. The summed E-state index contributed by atoms with van der Waals surface area (Å²) in [6, 6.07) is 12.0. The lowest BCUT2D eigenvalue weighted by molar-refractivity contribution is 0.322. The number of hydrogen-bond acceptors (Lipinski definition) is 4. The van der Waals surface area contributed by atoms with Gasteiger partial charge in [0.1, 0.15) is 18.1 Å². The van der Waals surface area contributed by atoms with Crippen LogP contribution in [0.1, 0.15) is 12.5 Å². The van der Waals surface area contributed by atoms with Crippen LogP contribution < -0.4 is 14.2 Å². The van der Waals surface area contributed by atoms with Crippen LogP contribution >= 0.6 is 11.6 Å². The fourth-order valence-electron chi connectivity index (χ4n) is 2.06. The van der Waals surface area contributed by atoms with Crippen molar-refractivity contribution in [2.75, 3.05) is 20.3 Å². The molecule has 0 spiro atoms. The van der Waals surface area contributed by atoms with Crippen molar-refractivity contribution in [3.05, 3.63) is 53.1 Å². The summed E-state index contributed by atoms with van der Waals surface area (Å²) in [5.41, 5.74) is 1.22. The van der Waals surface area contributed by atoms with Gasteiger partial charge < -0.3 is 9.47 Å². The van der Waals surface area contributed by atoms with Crippen molar-refractivity contribution in [3.63, 3.8) is 0 Å². The zero-order valence-electron chi connectivity index (χ0n) is 13.6. The van der Waals surface area contributed by atoms with E-state index in [1.165, 1.54) is 30.9 Å². The third-order valence-electron chi connectivity index (χ3n) is 3.43. The van der Waals surface area contributed by atoms with E-state index in [0.717, 1.165) is 6.42 Å². The monoisotopic (exact) mass is 369 g/mol. The number of hydrogen-bond donors (Lipinski definition) is 1. The average Bonchev–Trinajstić information content (AvgIpc) is 2.59. The molecular weight excluding hydrogens is 350 g/mol. The normalized spacial score (nSPS) is 11.3. The highest BCUT2D eigenvalue weighted by molar-refractivity contribution is 7.89. The second-order valence-electron chi connectivity index (χ2n) is 5.04. The summed E-state index contributed by atoms with van der Waals surface area (Å²) in [5.74, 6) is 1.13. The molecule has 2 rings (SSSR count). The van der Waals surface area contributed by atoms with Gasteiger partial charge in [-0.1, -0.05) is 30.7 Å². The van der Waals surface area contributed by atoms with Gasteiger partial charge in [-0.2, -0.15) is 0 Å². The molecule has 0 bridgehead atoms. The van der Waals surface area contributed by atoms with Gasteiger partial charge in [-0.3, -0.25) is 0 Å². The Hall–Kier alpha value is -1.76. The lowest BCUT2D eigenvalue weighted by atomic mass is 10.2. The number of benzene rings is 2. The Morgan fingerprint density at radius 1 is 1.12 bits per heavy atom. The van der Waals surface area contributed by atoms with Gasteiger partial charge in [0.15, 0.2) is 0 Å². The predicted molar refractivity (Wildman–Crippen MR) is 94.5 cm³/mol. The third kappa shape index (κ3) is 4.87. The Morgan fingerprint density at radius 2 is 1.83 bits per heavy atom. The van der Waals surface area contributed by atoms with Crippen molar-refractivity contribution in [2.45, 2.75) is 18.2 Å². The van der Waals surface area contributed by atoms with Crippen LogP contribution in [0, 0.1) is 0 Å². The van der Waals surface area contributed by atoms with Crippen LogP contribution in [0.15, 0.2) is 47.4 Å². The first kappa shape index (κ1) is 18.6. The van der Waals surface area contributed by atoms with E-state index in [1.807, 2.05) is 24.3 Å². The smallest absolute Gasteiger partial charge is 0.240 e. The molecular formula is C17H20ClNO4S. The fourth-order valence-corrected chi connectivity index (χ4v) is 3.43. The molecule has 1 N–H and O–H groups in total. The highest BCUT2D eigenvalue weighted by atomic mass is 35.5. The third-order valence-corrected chi connectivity index (χ3v) is 5.18. The van der Waals surface area contributed by atoms with E-state index in [9.17, 15) is 8.42 Å². The molecule has 0 saturated heterocycles. The average molecular weight is 370 g/mol. The molecule has 0 heterocycles. The molecule has 5 nitrogen and oxygen atoms in total. The summed E-state index contributed by atoms with van der Waals surface area (Å²) in [6.45, 7) is 2.46. The Balaban J connectivity index is 1.89. The summed E-state index contributed by atoms with van der Waals surface area (Å²) >= 11 is 5.96. The number of halogens is 1. The molecule has 130 valence electrons. The highest BCUT2D eigenvalue weighted by Crippen LogP contribution is 2.26. The Labute approximate surface area is 147 Å². The maximum atomic E-state index is 12.2. The fraction of sp³-hybridized carbons (Fsp3) is 0.294. The minimum Gasteiger partial charge on any atom is -0.495 e. The molecule has 7 heteroatoms. The Bertz CT molecular complexity index is 776. The second-order valence-corrected chi connectivity index (χ2v) is 7.21. The topological polar surface area (TPSA) is 64.6 Å². The van der Waals surface area contributed by atoms with Gasteiger partial charge in [-0.15, -0.1) is 0 Å². The molecule has 0 unspecified atom stereocenters. The lowest BCUT2D eigenvalue weighted by Crippen LogP contribution is -2.28. The summed E-state index contributed by atoms with van der Waals surface area (Å²) in [4.78, 5) is 0.0839. The number of sulfonamides is 1. The summed E-state index contributed by atoms with van der Waals surface area (Å²) in [5, 5.41) is 0.243. The van der Waals surface area contributed by atoms with Crippen LogP contribution in [0.5, 0.6) is 11.5 Å². The van der Waals surface area contributed by atoms with Crippen molar-refractivity contribution in [1.29, 1.82) is 0 Å². The van der Waals surface area contributed by atoms with Gasteiger partial charge in [-0.25, -0.2) is 13.1 Å². The Kier molecular flexibility index (Phi) is 6.48. The van der Waals surface area contributed by atoms with Crippen molar-refractivity contribution < 1.29 is 17.9 Å². The number of methoxy groups -OCH3 is 1. The van der Waals surface area contributed by atoms with E-state index in [2.05, 4.69) is 11.6 Å². The molecule has 24 heavy (non-hydrogen) atoms. The molecule has 0 aliphatic heterocycles. The van der Waals surface area contributed by atoms with Crippen LogP contribution in [0.4, 0.5) is 0 Å². The lowest BCUT2D eigenvalue weighted by Gasteiger charge is -2.10. The quantitative estimate of drug-likeness (QED) is 0.725. The number of aryl methyl sites for hydroxylation is 1. The van der Waals surface area contributed by atoms with Crippen molar-refractivity contribution in [1.82, 2.24) is 4.72 Å². The van der Waals surface area contributed by atoms with Crippen LogP contribution in [-0.4, -0.2) is 28.7 Å². The highest BCUT2D eigenvalue weighted by Gasteiger charge is 2.15. The summed E-state index contributed by atoms with van der Waals surface area (Å²) in [7, 11) is -2.17. The van der Waals surface area contributed by atoms with E-state index >= 15 is 0 Å². The van der Waals surface area contributed by atoms with Gasteiger partial charge in [0.25, 0.3) is 0 Å². The van der Waals surface area contributed by atoms with Gasteiger partial charge in [0, 0.05) is 6.54 Å². The van der Waals surface area contributed by atoms with Crippen molar-refractivity contribution in [2.24, 2.45) is 0 Å². The van der Waals surface area contributed by atoms with Crippen molar-refractivity contribution >= 4 is 21.6 Å². The van der Waals surface area contributed by atoms with E-state index in [1.54, 1.807) is 0 Å². The zero-order valence-corrected chi connectivity index (χ0v) is 15.2. The van der Waals surface area contributed by atoms with E-state index in [-0.39, 0.29) is 23.1 Å². The molecule has 0 aliphatic carbocycles. The van der Waals surface area contributed by atoms with Gasteiger partial charge >= 0.3 is 0 Å². The molecule has 0 saturated carbocycles. The predicted octanol–water partition coefficient (Wildman–Crippen LogP) is 3.27. The second kappa shape index (κ2) is 8.37. The number of rotatable bonds is 8. The molecule has 0 radical (unpaired) electrons. The van der Waals surface area contributed by atoms with E-state index < -0.39 is 10.0 Å². The van der Waals surface area contributed by atoms with Crippen molar-refractivity contribution in [3.8, 4) is 11.5 Å². The zero-order chi connectivity index (χ0) is 17.6. The Morgan fingerprint density at radius 3 is 2.42 bits per heavy atom. The van der Waals surface area contributed by atoms with Crippen LogP contribution in [0.3, 0.4) is 0 Å². The van der Waals surface area contributed by atoms with E-state index in [4.69, 9.17) is 21.1 Å². The maximum Gasteiger partial charge on any atom is 0.240 e. The van der Waals surface area contributed by atoms with Crippen LogP contribution in [0.25, 0.3) is 0 Å². The van der Waals surface area contributed by atoms with Crippen LogP contribution in [0.2, 0.25) is 5.02 Å². The standard InChI is InChI=1S/C17H20ClNO4S/c1-3-13-4-6-14(7-5-13)23-11-10-19-24(20,21)15-8-9-17(22-2)16(18)12-15/h4-9,12,19H,3,10-11H2,1-2H3. The van der Waals surface area contributed by atoms with E-state index in [0.29, 0.717) is 11.5 Å². The first-order chi connectivity index (χ1) is 11.5. The minimum atomic E-state index is -3.64. The van der Waals surface area contributed by atoms with Gasteiger partial charge in [0.2, 0.25) is 10.0 Å².